The molecule has 0 radical (unpaired) electrons. The molecule has 0 aliphatic rings. The van der Waals surface area contributed by atoms with E-state index in [0.717, 1.165) is 22.0 Å². The summed E-state index contributed by atoms with van der Waals surface area (Å²) in [5.74, 6) is 0. The Bertz CT molecular complexity index is 352. The number of rotatable bonds is 3. The fraction of sp³-hybridized carbons (Fsp3) is 0.273. The van der Waals surface area contributed by atoms with Crippen LogP contribution in [0, 0.1) is 0 Å². The van der Waals surface area contributed by atoms with Gasteiger partial charge in [-0.2, -0.15) is 0 Å². The maximum absolute atomic E-state index is 6.01. The number of benzene rings is 1. The van der Waals surface area contributed by atoms with Crippen molar-refractivity contribution in [2.75, 3.05) is 0 Å². The van der Waals surface area contributed by atoms with Crippen LogP contribution in [0.1, 0.15) is 24.9 Å². The first kappa shape index (κ1) is 15.0. The lowest BCUT2D eigenvalue weighted by molar-refractivity contribution is 0.714. The molecule has 0 aliphatic heterocycles. The minimum absolute atomic E-state index is 0. The lowest BCUT2D eigenvalue weighted by Gasteiger charge is -2.13. The molecule has 0 aromatic heterocycles. The highest BCUT2D eigenvalue weighted by Gasteiger charge is 2.09. The van der Waals surface area contributed by atoms with Gasteiger partial charge < -0.3 is 5.73 Å². The van der Waals surface area contributed by atoms with Gasteiger partial charge in [-0.15, -0.1) is 19.0 Å². The maximum atomic E-state index is 6.01. The van der Waals surface area contributed by atoms with Gasteiger partial charge in [0.05, 0.1) is 0 Å². The second-order valence-electron chi connectivity index (χ2n) is 3.43. The molecule has 0 unspecified atom stereocenters. The number of hydrogen-bond donors (Lipinski definition) is 1. The van der Waals surface area contributed by atoms with Gasteiger partial charge in [0, 0.05) is 15.5 Å². The molecule has 1 aromatic carbocycles. The van der Waals surface area contributed by atoms with E-state index in [1.165, 1.54) is 0 Å². The fourth-order valence-electron chi connectivity index (χ4n) is 1.29. The van der Waals surface area contributed by atoms with Crippen molar-refractivity contribution in [2.45, 2.75) is 19.4 Å². The Hall–Kier alpha value is -0.0200. The summed E-state index contributed by atoms with van der Waals surface area (Å²) in [6, 6.07) is 5.63. The number of halogens is 3. The third kappa shape index (κ3) is 4.56. The quantitative estimate of drug-likeness (QED) is 0.818. The summed E-state index contributed by atoms with van der Waals surface area (Å²) in [5.41, 5.74) is 8.16. The van der Waals surface area contributed by atoms with Crippen LogP contribution in [-0.4, -0.2) is 0 Å². The van der Waals surface area contributed by atoms with Crippen LogP contribution in [-0.2, 0) is 0 Å². The predicted octanol–water partition coefficient (Wildman–Crippen LogP) is 4.49. The van der Waals surface area contributed by atoms with Crippen molar-refractivity contribution in [3.05, 3.63) is 45.4 Å². The van der Waals surface area contributed by atoms with Crippen LogP contribution in [0.3, 0.4) is 0 Å². The average molecular weight is 311 g/mol. The number of hydrogen-bond acceptors (Lipinski definition) is 1. The highest BCUT2D eigenvalue weighted by molar-refractivity contribution is 9.10. The summed E-state index contributed by atoms with van der Waals surface area (Å²) >= 11 is 9.28. The first-order valence-electron chi connectivity index (χ1n) is 4.35. The van der Waals surface area contributed by atoms with Gasteiger partial charge in [-0.05, 0) is 31.0 Å². The van der Waals surface area contributed by atoms with Crippen LogP contribution < -0.4 is 5.73 Å². The molecule has 0 fully saturated rings. The molecule has 0 aliphatic carbocycles. The summed E-state index contributed by atoms with van der Waals surface area (Å²) in [6.07, 6.45) is 0.792. The zero-order chi connectivity index (χ0) is 10.7. The molecule has 0 bridgehead atoms. The van der Waals surface area contributed by atoms with Crippen LogP contribution in [0.4, 0.5) is 0 Å². The van der Waals surface area contributed by atoms with Gasteiger partial charge in [0.15, 0.2) is 0 Å². The van der Waals surface area contributed by atoms with Crippen LogP contribution >= 0.6 is 39.9 Å². The average Bonchev–Trinajstić information content (AvgIpc) is 2.01. The van der Waals surface area contributed by atoms with Gasteiger partial charge in [0.2, 0.25) is 0 Å². The first-order valence-corrected chi connectivity index (χ1v) is 5.52. The smallest absolute Gasteiger partial charge is 0.0417 e. The van der Waals surface area contributed by atoms with E-state index < -0.39 is 0 Å². The van der Waals surface area contributed by atoms with E-state index in [0.29, 0.717) is 5.02 Å². The fourth-order valence-corrected chi connectivity index (χ4v) is 2.26. The molecule has 4 heteroatoms. The molecular formula is C11H14BrCl2N. The SMILES string of the molecule is C=C(C)C[C@H](N)c1ccc(Cl)cc1Br.Cl. The second-order valence-corrected chi connectivity index (χ2v) is 4.72. The third-order valence-electron chi connectivity index (χ3n) is 1.93. The standard InChI is InChI=1S/C11H13BrClN.ClH/c1-7(2)5-11(14)9-4-3-8(13)6-10(9)12;/h3-4,6,11H,1,5,14H2,2H3;1H/t11-;/m0./s1. The molecule has 84 valence electrons. The van der Waals surface area contributed by atoms with Gasteiger partial charge in [-0.3, -0.25) is 0 Å². The van der Waals surface area contributed by atoms with Crippen molar-refractivity contribution in [1.29, 1.82) is 0 Å². The Morgan fingerprint density at radius 3 is 2.67 bits per heavy atom. The predicted molar refractivity (Wildman–Crippen MR) is 72.8 cm³/mol. The normalized spacial score (nSPS) is 11.7. The van der Waals surface area contributed by atoms with Crippen LogP contribution in [0.5, 0.6) is 0 Å². The Labute approximate surface area is 110 Å². The van der Waals surface area contributed by atoms with Crippen molar-refractivity contribution in [1.82, 2.24) is 0 Å². The van der Waals surface area contributed by atoms with Crippen molar-refractivity contribution in [2.24, 2.45) is 5.73 Å². The third-order valence-corrected chi connectivity index (χ3v) is 2.85. The summed E-state index contributed by atoms with van der Waals surface area (Å²) in [5, 5.41) is 0.711. The Morgan fingerprint density at radius 2 is 2.20 bits per heavy atom. The molecule has 0 saturated heterocycles. The number of nitrogens with two attached hydrogens (primary N) is 1. The van der Waals surface area contributed by atoms with Gasteiger partial charge >= 0.3 is 0 Å². The Kier molecular flexibility index (Phi) is 6.53. The molecule has 1 rings (SSSR count). The van der Waals surface area contributed by atoms with Crippen LogP contribution in [0.15, 0.2) is 34.8 Å². The van der Waals surface area contributed by atoms with Crippen LogP contribution in [0.25, 0.3) is 0 Å². The lowest BCUT2D eigenvalue weighted by Crippen LogP contribution is -2.10. The van der Waals surface area contributed by atoms with E-state index in [1.54, 1.807) is 0 Å². The summed E-state index contributed by atoms with van der Waals surface area (Å²) in [7, 11) is 0. The molecule has 0 saturated carbocycles. The van der Waals surface area contributed by atoms with Gasteiger partial charge in [0.25, 0.3) is 0 Å². The molecule has 1 aromatic rings. The first-order chi connectivity index (χ1) is 6.50. The second kappa shape index (κ2) is 6.54. The van der Waals surface area contributed by atoms with E-state index in [2.05, 4.69) is 22.5 Å². The highest BCUT2D eigenvalue weighted by atomic mass is 79.9. The molecule has 0 spiro atoms. The Morgan fingerprint density at radius 1 is 1.60 bits per heavy atom. The lowest BCUT2D eigenvalue weighted by atomic mass is 10.0. The minimum Gasteiger partial charge on any atom is -0.324 e. The highest BCUT2D eigenvalue weighted by Crippen LogP contribution is 2.28. The largest absolute Gasteiger partial charge is 0.324 e. The summed E-state index contributed by atoms with van der Waals surface area (Å²) in [6.45, 7) is 5.82. The van der Waals surface area contributed by atoms with Crippen molar-refractivity contribution < 1.29 is 0 Å². The molecule has 0 heterocycles. The monoisotopic (exact) mass is 309 g/mol. The molecule has 2 N–H and O–H groups in total. The van der Waals surface area contributed by atoms with Crippen molar-refractivity contribution in [3.63, 3.8) is 0 Å². The van der Waals surface area contributed by atoms with Gasteiger partial charge in [-0.25, -0.2) is 0 Å². The molecule has 1 nitrogen and oxygen atoms in total. The van der Waals surface area contributed by atoms with E-state index in [9.17, 15) is 0 Å². The van der Waals surface area contributed by atoms with E-state index in [-0.39, 0.29) is 18.4 Å². The zero-order valence-corrected chi connectivity index (χ0v) is 11.6. The molecular weight excluding hydrogens is 297 g/mol. The Balaban J connectivity index is 0.00000196. The van der Waals surface area contributed by atoms with Crippen LogP contribution in [0.2, 0.25) is 5.02 Å². The van der Waals surface area contributed by atoms with E-state index >= 15 is 0 Å². The van der Waals surface area contributed by atoms with E-state index in [1.807, 2.05) is 25.1 Å². The van der Waals surface area contributed by atoms with Gasteiger partial charge in [-0.1, -0.05) is 39.2 Å². The molecule has 0 amide bonds. The zero-order valence-electron chi connectivity index (χ0n) is 8.47. The summed E-state index contributed by atoms with van der Waals surface area (Å²) < 4.78 is 0.957. The van der Waals surface area contributed by atoms with Gasteiger partial charge in [0.1, 0.15) is 0 Å². The minimum atomic E-state index is -0.0147. The van der Waals surface area contributed by atoms with E-state index in [4.69, 9.17) is 17.3 Å². The topological polar surface area (TPSA) is 26.0 Å². The summed E-state index contributed by atoms with van der Waals surface area (Å²) in [4.78, 5) is 0. The maximum Gasteiger partial charge on any atom is 0.0417 e. The van der Waals surface area contributed by atoms with Crippen molar-refractivity contribution in [3.8, 4) is 0 Å². The van der Waals surface area contributed by atoms with Crippen molar-refractivity contribution >= 4 is 39.9 Å². The molecule has 15 heavy (non-hydrogen) atoms. The molecule has 1 atom stereocenters.